The molecule has 1 aromatic carbocycles. The Hall–Kier alpha value is -2.35. The zero-order valence-corrected chi connectivity index (χ0v) is 20.8. The summed E-state index contributed by atoms with van der Waals surface area (Å²) >= 11 is 12.2. The van der Waals surface area contributed by atoms with Gasteiger partial charge in [-0.3, -0.25) is 9.59 Å². The van der Waals surface area contributed by atoms with Crippen LogP contribution in [0.25, 0.3) is 0 Å². The van der Waals surface area contributed by atoms with Gasteiger partial charge in [0.2, 0.25) is 5.91 Å². The Labute approximate surface area is 210 Å². The van der Waals surface area contributed by atoms with Gasteiger partial charge in [0.1, 0.15) is 0 Å². The Morgan fingerprint density at radius 3 is 2.47 bits per heavy atom. The number of hydrogen-bond donors (Lipinski definition) is 1. The summed E-state index contributed by atoms with van der Waals surface area (Å²) in [5.74, 6) is 1.00. The van der Waals surface area contributed by atoms with Gasteiger partial charge in [-0.15, -0.1) is 0 Å². The highest BCUT2D eigenvalue weighted by molar-refractivity contribution is 6.31. The van der Waals surface area contributed by atoms with Crippen LogP contribution in [0.15, 0.2) is 36.5 Å². The molecule has 0 bridgehead atoms. The van der Waals surface area contributed by atoms with Crippen LogP contribution in [0.2, 0.25) is 10.0 Å². The van der Waals surface area contributed by atoms with Gasteiger partial charge in [-0.2, -0.15) is 0 Å². The number of amides is 2. The second kappa shape index (κ2) is 11.4. The number of hydrogen-bond acceptors (Lipinski definition) is 5. The quantitative estimate of drug-likeness (QED) is 0.606. The van der Waals surface area contributed by atoms with E-state index in [-0.39, 0.29) is 17.9 Å². The van der Waals surface area contributed by atoms with Crippen molar-refractivity contribution in [3.8, 4) is 0 Å². The van der Waals surface area contributed by atoms with Gasteiger partial charge in [-0.05, 0) is 55.9 Å². The second-order valence-corrected chi connectivity index (χ2v) is 9.81. The number of rotatable bonds is 6. The molecule has 0 unspecified atom stereocenters. The Bertz CT molecular complexity index is 1020. The number of nitrogens with one attached hydrogen (secondary N) is 1. The third-order valence-electron chi connectivity index (χ3n) is 6.67. The number of halogens is 2. The number of pyridine rings is 1. The van der Waals surface area contributed by atoms with Gasteiger partial charge in [0.25, 0.3) is 5.91 Å². The van der Waals surface area contributed by atoms with Crippen LogP contribution in [0.5, 0.6) is 0 Å². The predicted molar refractivity (Wildman–Crippen MR) is 135 cm³/mol. The monoisotopic (exact) mass is 504 g/mol. The minimum atomic E-state index is -0.273. The maximum absolute atomic E-state index is 12.8. The average Bonchev–Trinajstić information content (AvgIpc) is 2.85. The van der Waals surface area contributed by atoms with E-state index < -0.39 is 0 Å². The lowest BCUT2D eigenvalue weighted by Crippen LogP contribution is -2.42. The number of ether oxygens (including phenoxy) is 1. The van der Waals surface area contributed by atoms with Crippen LogP contribution in [0.3, 0.4) is 0 Å². The molecule has 0 spiro atoms. The number of carbonyl (C=O) groups is 2. The van der Waals surface area contributed by atoms with Crippen LogP contribution in [0.1, 0.15) is 42.5 Å². The summed E-state index contributed by atoms with van der Waals surface area (Å²) in [5.41, 5.74) is 1.03. The van der Waals surface area contributed by atoms with Crippen LogP contribution < -0.4 is 10.2 Å². The molecule has 2 aliphatic rings. The van der Waals surface area contributed by atoms with Crippen molar-refractivity contribution in [2.75, 3.05) is 43.5 Å². The van der Waals surface area contributed by atoms with Gasteiger partial charge in [-0.25, -0.2) is 4.98 Å². The zero-order chi connectivity index (χ0) is 24.1. The van der Waals surface area contributed by atoms with Gasteiger partial charge in [0.15, 0.2) is 5.82 Å². The van der Waals surface area contributed by atoms with Crippen molar-refractivity contribution in [2.45, 2.75) is 38.2 Å². The van der Waals surface area contributed by atoms with Crippen molar-refractivity contribution in [3.63, 3.8) is 0 Å². The van der Waals surface area contributed by atoms with E-state index in [1.807, 2.05) is 4.90 Å². The second-order valence-electron chi connectivity index (χ2n) is 8.94. The summed E-state index contributed by atoms with van der Waals surface area (Å²) in [6.45, 7) is 3.08. The molecule has 1 aromatic heterocycles. The molecule has 3 heterocycles. The van der Waals surface area contributed by atoms with Crippen molar-refractivity contribution in [2.24, 2.45) is 5.92 Å². The maximum atomic E-state index is 12.8. The highest BCUT2D eigenvalue weighted by Crippen LogP contribution is 2.32. The lowest BCUT2D eigenvalue weighted by atomic mass is 9.92. The fourth-order valence-corrected chi connectivity index (χ4v) is 5.01. The Balaban J connectivity index is 1.35. The van der Waals surface area contributed by atoms with E-state index in [4.69, 9.17) is 27.9 Å². The van der Waals surface area contributed by atoms with Crippen LogP contribution in [-0.2, 0) is 9.53 Å². The number of benzene rings is 1. The molecule has 0 saturated carbocycles. The Morgan fingerprint density at radius 2 is 1.79 bits per heavy atom. The maximum Gasteiger partial charge on any atom is 0.255 e. The predicted octanol–water partition coefficient (Wildman–Crippen LogP) is 4.88. The molecule has 2 aromatic rings. The van der Waals surface area contributed by atoms with Crippen LogP contribution in [0, 0.1) is 5.92 Å². The smallest absolute Gasteiger partial charge is 0.255 e. The fourth-order valence-electron chi connectivity index (χ4n) is 4.67. The molecule has 0 atom stereocenters. The first kappa shape index (κ1) is 24.8. The average molecular weight is 505 g/mol. The van der Waals surface area contributed by atoms with Crippen LogP contribution >= 0.6 is 23.2 Å². The lowest BCUT2D eigenvalue weighted by molar-refractivity contribution is -0.134. The first-order chi connectivity index (χ1) is 16.4. The van der Waals surface area contributed by atoms with Gasteiger partial charge in [0, 0.05) is 56.5 Å². The molecule has 7 nitrogen and oxygen atoms in total. The highest BCUT2D eigenvalue weighted by Gasteiger charge is 2.28. The van der Waals surface area contributed by atoms with E-state index in [1.165, 1.54) is 0 Å². The SMILES string of the molecule is COC1CCN(C(=O)CC2CCN(c3ncc(Cl)cc3NC(=O)c3cccc(Cl)c3)CC2)CC1. The van der Waals surface area contributed by atoms with Crippen molar-refractivity contribution >= 4 is 46.5 Å². The van der Waals surface area contributed by atoms with E-state index in [0.29, 0.717) is 39.5 Å². The number of nitrogens with zero attached hydrogens (tertiary/aromatic N) is 3. The summed E-state index contributed by atoms with van der Waals surface area (Å²) in [7, 11) is 1.74. The zero-order valence-electron chi connectivity index (χ0n) is 19.3. The number of piperidine rings is 2. The minimum Gasteiger partial charge on any atom is -0.381 e. The first-order valence-electron chi connectivity index (χ1n) is 11.7. The number of carbonyl (C=O) groups excluding carboxylic acids is 2. The molecule has 0 radical (unpaired) electrons. The molecule has 2 fully saturated rings. The van der Waals surface area contributed by atoms with Gasteiger partial charge in [-0.1, -0.05) is 29.3 Å². The summed E-state index contributed by atoms with van der Waals surface area (Å²) in [6.07, 6.45) is 6.05. The Morgan fingerprint density at radius 1 is 1.06 bits per heavy atom. The first-order valence-corrected chi connectivity index (χ1v) is 12.5. The van der Waals surface area contributed by atoms with E-state index in [0.717, 1.165) is 51.9 Å². The minimum absolute atomic E-state index is 0.243. The summed E-state index contributed by atoms with van der Waals surface area (Å²) in [4.78, 5) is 34.2. The van der Waals surface area contributed by atoms with E-state index in [1.54, 1.807) is 43.6 Å². The van der Waals surface area contributed by atoms with Crippen LogP contribution in [0.4, 0.5) is 11.5 Å². The van der Waals surface area contributed by atoms with Gasteiger partial charge < -0.3 is 19.9 Å². The molecule has 0 aliphatic carbocycles. The molecule has 34 heavy (non-hydrogen) atoms. The summed E-state index contributed by atoms with van der Waals surface area (Å²) < 4.78 is 5.40. The van der Waals surface area contributed by atoms with E-state index in [9.17, 15) is 9.59 Å². The van der Waals surface area contributed by atoms with Gasteiger partial charge >= 0.3 is 0 Å². The molecular formula is C25H30Cl2N4O3. The standard InChI is InChI=1S/C25H30Cl2N4O3/c1-34-21-7-11-30(12-8-21)23(32)13-17-5-9-31(10-6-17)24-22(15-20(27)16-28-24)29-25(33)18-3-2-4-19(26)14-18/h2-4,14-17,21H,5-13H2,1H3,(H,29,33). The summed E-state index contributed by atoms with van der Waals surface area (Å²) in [6, 6.07) is 8.50. The fraction of sp³-hybridized carbons (Fsp3) is 0.480. The van der Waals surface area contributed by atoms with E-state index in [2.05, 4.69) is 15.2 Å². The highest BCUT2D eigenvalue weighted by atomic mass is 35.5. The largest absolute Gasteiger partial charge is 0.381 e. The van der Waals surface area contributed by atoms with Crippen molar-refractivity contribution in [1.82, 2.24) is 9.88 Å². The number of anilines is 2. The third kappa shape index (κ3) is 6.20. The van der Waals surface area contributed by atoms with Crippen molar-refractivity contribution in [1.29, 1.82) is 0 Å². The molecule has 2 saturated heterocycles. The molecule has 9 heteroatoms. The topological polar surface area (TPSA) is 74.8 Å². The number of likely N-dealkylation sites (tertiary alicyclic amines) is 1. The number of aromatic nitrogens is 1. The third-order valence-corrected chi connectivity index (χ3v) is 7.12. The summed E-state index contributed by atoms with van der Waals surface area (Å²) in [5, 5.41) is 3.87. The molecule has 1 N–H and O–H groups in total. The van der Waals surface area contributed by atoms with Crippen LogP contribution in [-0.4, -0.2) is 61.1 Å². The number of methoxy groups -OCH3 is 1. The lowest BCUT2D eigenvalue weighted by Gasteiger charge is -2.36. The van der Waals surface area contributed by atoms with Crippen molar-refractivity contribution < 1.29 is 14.3 Å². The Kier molecular flexibility index (Phi) is 8.29. The molecule has 2 aliphatic heterocycles. The molecule has 4 rings (SSSR count). The van der Waals surface area contributed by atoms with Gasteiger partial charge in [0.05, 0.1) is 16.8 Å². The molecule has 2 amide bonds. The molecular weight excluding hydrogens is 475 g/mol. The molecule has 182 valence electrons. The van der Waals surface area contributed by atoms with E-state index >= 15 is 0 Å². The van der Waals surface area contributed by atoms with Crippen molar-refractivity contribution in [3.05, 3.63) is 52.1 Å². The normalized spacial score (nSPS) is 17.6.